The van der Waals surface area contributed by atoms with Gasteiger partial charge in [-0.15, -0.1) is 0 Å². The second-order valence-corrected chi connectivity index (χ2v) is 4.45. The minimum Gasteiger partial charge on any atom is -0.379 e. The number of morpholine rings is 1. The summed E-state index contributed by atoms with van der Waals surface area (Å²) in [6.45, 7) is 7.95. The molecular weight excluding hydrogens is 226 g/mol. The number of ether oxygens (including phenoxy) is 1. The molecule has 2 rings (SSSR count). The van der Waals surface area contributed by atoms with Crippen LogP contribution in [0, 0.1) is 0 Å². The van der Waals surface area contributed by atoms with Crippen LogP contribution in [0.15, 0.2) is 30.8 Å². The van der Waals surface area contributed by atoms with E-state index in [1.54, 1.807) is 6.08 Å². The third-order valence-electron chi connectivity index (χ3n) is 3.23. The Morgan fingerprint density at radius 2 is 1.94 bits per heavy atom. The van der Waals surface area contributed by atoms with Crippen molar-refractivity contribution in [2.24, 2.45) is 0 Å². The molecule has 0 unspecified atom stereocenters. The van der Waals surface area contributed by atoms with Gasteiger partial charge in [0.25, 0.3) is 0 Å². The Kier molecular flexibility index (Phi) is 4.67. The fourth-order valence-electron chi connectivity index (χ4n) is 2.03. The van der Waals surface area contributed by atoms with Gasteiger partial charge < -0.3 is 4.74 Å². The lowest BCUT2D eigenvalue weighted by Crippen LogP contribution is -2.37. The second-order valence-electron chi connectivity index (χ2n) is 4.45. The zero-order valence-electron chi connectivity index (χ0n) is 10.6. The molecule has 1 aromatic carbocycles. The van der Waals surface area contributed by atoms with Crippen LogP contribution < -0.4 is 0 Å². The predicted molar refractivity (Wildman–Crippen MR) is 72.7 cm³/mol. The molecule has 0 saturated carbocycles. The molecule has 3 heteroatoms. The van der Waals surface area contributed by atoms with E-state index in [0.717, 1.165) is 44.0 Å². The topological polar surface area (TPSA) is 29.5 Å². The molecule has 0 aliphatic carbocycles. The molecule has 1 aliphatic heterocycles. The number of benzene rings is 1. The number of Topliss-reactive ketones (excluding diaryl/α,β-unsaturated/α-hetero) is 1. The summed E-state index contributed by atoms with van der Waals surface area (Å²) in [7, 11) is 0. The van der Waals surface area contributed by atoms with E-state index in [2.05, 4.69) is 11.5 Å². The van der Waals surface area contributed by atoms with Gasteiger partial charge in [0.15, 0.2) is 5.78 Å². The summed E-state index contributed by atoms with van der Waals surface area (Å²) in [5.74, 6) is 0.206. The predicted octanol–water partition coefficient (Wildman–Crippen LogP) is 2.23. The third kappa shape index (κ3) is 3.52. The van der Waals surface area contributed by atoms with Crippen molar-refractivity contribution in [2.75, 3.05) is 32.8 Å². The van der Waals surface area contributed by atoms with Crippen molar-refractivity contribution in [3.05, 3.63) is 42.0 Å². The number of ketones is 1. The average molecular weight is 245 g/mol. The molecule has 0 N–H and O–H groups in total. The molecule has 0 atom stereocenters. The van der Waals surface area contributed by atoms with Gasteiger partial charge in [0.1, 0.15) is 0 Å². The smallest absolute Gasteiger partial charge is 0.164 e. The van der Waals surface area contributed by atoms with Crippen LogP contribution in [-0.4, -0.2) is 43.5 Å². The highest BCUT2D eigenvalue weighted by atomic mass is 16.5. The summed E-state index contributed by atoms with van der Waals surface area (Å²) in [5.41, 5.74) is 1.83. The Labute approximate surface area is 108 Å². The monoisotopic (exact) mass is 245 g/mol. The normalized spacial score (nSPS) is 16.4. The highest BCUT2D eigenvalue weighted by molar-refractivity contribution is 5.96. The fraction of sp³-hybridized carbons (Fsp3) is 0.400. The van der Waals surface area contributed by atoms with Crippen molar-refractivity contribution in [3.8, 4) is 0 Å². The van der Waals surface area contributed by atoms with Gasteiger partial charge in [-0.2, -0.15) is 0 Å². The maximum Gasteiger partial charge on any atom is 0.164 e. The quantitative estimate of drug-likeness (QED) is 0.745. The van der Waals surface area contributed by atoms with Crippen LogP contribution in [0.2, 0.25) is 0 Å². The van der Waals surface area contributed by atoms with Gasteiger partial charge in [0, 0.05) is 31.6 Å². The lowest BCUT2D eigenvalue weighted by atomic mass is 10.1. The van der Waals surface area contributed by atoms with Crippen LogP contribution in [-0.2, 0) is 4.74 Å². The molecule has 0 aromatic heterocycles. The number of rotatable bonds is 5. The van der Waals surface area contributed by atoms with Gasteiger partial charge >= 0.3 is 0 Å². The van der Waals surface area contributed by atoms with Crippen molar-refractivity contribution in [1.82, 2.24) is 4.90 Å². The number of nitrogens with zero attached hydrogens (tertiary/aromatic N) is 1. The zero-order valence-corrected chi connectivity index (χ0v) is 10.6. The van der Waals surface area contributed by atoms with Crippen molar-refractivity contribution >= 4 is 11.9 Å². The summed E-state index contributed by atoms with van der Waals surface area (Å²) in [6.07, 6.45) is 2.36. The molecule has 0 amide bonds. The van der Waals surface area contributed by atoms with Crippen LogP contribution in [0.1, 0.15) is 22.3 Å². The van der Waals surface area contributed by atoms with E-state index in [0.29, 0.717) is 6.42 Å². The molecule has 1 saturated heterocycles. The largest absolute Gasteiger partial charge is 0.379 e. The number of hydrogen-bond donors (Lipinski definition) is 0. The standard InChI is InChI=1S/C15H19NO2/c1-2-13-3-5-14(6-4-13)15(17)7-8-16-9-11-18-12-10-16/h2-6H,1,7-12H2. The summed E-state index contributed by atoms with van der Waals surface area (Å²) in [6, 6.07) is 7.60. The molecule has 1 fully saturated rings. The molecule has 1 heterocycles. The first-order valence-electron chi connectivity index (χ1n) is 6.35. The first-order valence-corrected chi connectivity index (χ1v) is 6.35. The first-order chi connectivity index (χ1) is 8.79. The van der Waals surface area contributed by atoms with Gasteiger partial charge in [-0.05, 0) is 5.56 Å². The molecular formula is C15H19NO2. The van der Waals surface area contributed by atoms with Crippen molar-refractivity contribution in [1.29, 1.82) is 0 Å². The Morgan fingerprint density at radius 3 is 2.56 bits per heavy atom. The number of hydrogen-bond acceptors (Lipinski definition) is 3. The van der Waals surface area contributed by atoms with Crippen molar-refractivity contribution < 1.29 is 9.53 Å². The van der Waals surface area contributed by atoms with Gasteiger partial charge in [-0.3, -0.25) is 9.69 Å². The highest BCUT2D eigenvalue weighted by Gasteiger charge is 2.12. The highest BCUT2D eigenvalue weighted by Crippen LogP contribution is 2.09. The summed E-state index contributed by atoms with van der Waals surface area (Å²) < 4.78 is 5.28. The van der Waals surface area contributed by atoms with E-state index >= 15 is 0 Å². The first kappa shape index (κ1) is 13.0. The molecule has 0 radical (unpaired) electrons. The van der Waals surface area contributed by atoms with Crippen LogP contribution in [0.3, 0.4) is 0 Å². The van der Waals surface area contributed by atoms with Gasteiger partial charge in [0.05, 0.1) is 13.2 Å². The number of carbonyl (C=O) groups is 1. The van der Waals surface area contributed by atoms with E-state index in [4.69, 9.17) is 4.74 Å². The SMILES string of the molecule is C=Cc1ccc(C(=O)CCN2CCOCC2)cc1. The van der Waals surface area contributed by atoms with Crippen LogP contribution in [0.25, 0.3) is 6.08 Å². The Balaban J connectivity index is 1.84. The maximum absolute atomic E-state index is 12.0. The average Bonchev–Trinajstić information content (AvgIpc) is 2.46. The fourth-order valence-corrected chi connectivity index (χ4v) is 2.03. The molecule has 18 heavy (non-hydrogen) atoms. The van der Waals surface area contributed by atoms with Crippen molar-refractivity contribution in [2.45, 2.75) is 6.42 Å². The number of carbonyl (C=O) groups excluding carboxylic acids is 1. The lowest BCUT2D eigenvalue weighted by molar-refractivity contribution is 0.0370. The van der Waals surface area contributed by atoms with E-state index in [1.165, 1.54) is 0 Å². The van der Waals surface area contributed by atoms with Crippen LogP contribution in [0.4, 0.5) is 0 Å². The van der Waals surface area contributed by atoms with E-state index < -0.39 is 0 Å². The molecule has 0 spiro atoms. The molecule has 96 valence electrons. The summed E-state index contributed by atoms with van der Waals surface area (Å²) in [4.78, 5) is 14.3. The zero-order chi connectivity index (χ0) is 12.8. The Morgan fingerprint density at radius 1 is 1.28 bits per heavy atom. The van der Waals surface area contributed by atoms with E-state index in [9.17, 15) is 4.79 Å². The van der Waals surface area contributed by atoms with Gasteiger partial charge in [-0.1, -0.05) is 36.9 Å². The molecule has 0 bridgehead atoms. The molecule has 3 nitrogen and oxygen atoms in total. The van der Waals surface area contributed by atoms with Gasteiger partial charge in [-0.25, -0.2) is 0 Å². The maximum atomic E-state index is 12.0. The minimum atomic E-state index is 0.206. The van der Waals surface area contributed by atoms with E-state index in [1.807, 2.05) is 24.3 Å². The lowest BCUT2D eigenvalue weighted by Gasteiger charge is -2.26. The minimum absolute atomic E-state index is 0.206. The van der Waals surface area contributed by atoms with Gasteiger partial charge in [0.2, 0.25) is 0 Å². The molecule has 1 aromatic rings. The van der Waals surface area contributed by atoms with Crippen LogP contribution in [0.5, 0.6) is 0 Å². The summed E-state index contributed by atoms with van der Waals surface area (Å²) in [5, 5.41) is 0. The Hall–Kier alpha value is -1.45. The van der Waals surface area contributed by atoms with Crippen molar-refractivity contribution in [3.63, 3.8) is 0 Å². The second kappa shape index (κ2) is 6.47. The van der Waals surface area contributed by atoms with E-state index in [-0.39, 0.29) is 5.78 Å². The van der Waals surface area contributed by atoms with Crippen LogP contribution >= 0.6 is 0 Å². The molecule has 1 aliphatic rings. The third-order valence-corrected chi connectivity index (χ3v) is 3.23. The Bertz CT molecular complexity index is 405. The summed E-state index contributed by atoms with van der Waals surface area (Å²) >= 11 is 0.